The van der Waals surface area contributed by atoms with Gasteiger partial charge in [0.25, 0.3) is 5.91 Å². The molecule has 2 aromatic carbocycles. The molecule has 2 amide bonds. The van der Waals surface area contributed by atoms with E-state index in [0.717, 1.165) is 30.7 Å². The van der Waals surface area contributed by atoms with Crippen molar-refractivity contribution in [1.82, 2.24) is 5.32 Å². The lowest BCUT2D eigenvalue weighted by Crippen LogP contribution is -2.48. The van der Waals surface area contributed by atoms with E-state index in [9.17, 15) is 41.4 Å². The third-order valence-corrected chi connectivity index (χ3v) is 8.78. The Labute approximate surface area is 249 Å². The number of benzene rings is 2. The van der Waals surface area contributed by atoms with E-state index < -0.39 is 71.2 Å². The summed E-state index contributed by atoms with van der Waals surface area (Å²) in [5.41, 5.74) is -0.544. The van der Waals surface area contributed by atoms with Crippen molar-refractivity contribution in [2.45, 2.75) is 63.5 Å². The molecule has 0 saturated heterocycles. The van der Waals surface area contributed by atoms with E-state index in [2.05, 4.69) is 15.4 Å². The molecule has 238 valence electrons. The topological polar surface area (TPSA) is 123 Å². The molecular formula is C30H31F5N2O7. The molecule has 0 radical (unpaired) electrons. The Hall–Kier alpha value is -4.10. The Morgan fingerprint density at radius 3 is 2.30 bits per heavy atom. The highest BCUT2D eigenvalue weighted by Crippen LogP contribution is 2.49. The second-order valence-corrected chi connectivity index (χ2v) is 11.4. The van der Waals surface area contributed by atoms with Crippen molar-refractivity contribution in [3.63, 3.8) is 0 Å². The fourth-order valence-electron chi connectivity index (χ4n) is 6.71. The van der Waals surface area contributed by atoms with E-state index in [0.29, 0.717) is 38.5 Å². The molecule has 2 bridgehead atoms. The van der Waals surface area contributed by atoms with Crippen molar-refractivity contribution in [3.8, 4) is 17.2 Å². The van der Waals surface area contributed by atoms with Crippen LogP contribution in [0.4, 0.5) is 27.6 Å². The summed E-state index contributed by atoms with van der Waals surface area (Å²) in [6.45, 7) is 0. The molecule has 4 atom stereocenters. The van der Waals surface area contributed by atoms with Gasteiger partial charge in [-0.3, -0.25) is 14.4 Å². The Kier molecular flexibility index (Phi) is 8.89. The molecule has 3 aliphatic rings. The molecule has 3 aliphatic carbocycles. The van der Waals surface area contributed by atoms with Gasteiger partial charge < -0.3 is 30.0 Å². The number of amides is 2. The molecule has 2 aromatic rings. The van der Waals surface area contributed by atoms with Crippen LogP contribution in [-0.4, -0.2) is 48.5 Å². The maximum Gasteiger partial charge on any atom is 0.573 e. The quantitative estimate of drug-likeness (QED) is 0.306. The molecular weight excluding hydrogens is 595 g/mol. The molecule has 5 rings (SSSR count). The van der Waals surface area contributed by atoms with Gasteiger partial charge in [0, 0.05) is 12.1 Å². The van der Waals surface area contributed by atoms with E-state index in [4.69, 9.17) is 9.47 Å². The van der Waals surface area contributed by atoms with Gasteiger partial charge in [0.15, 0.2) is 23.1 Å². The number of hydrogen-bond acceptors (Lipinski definition) is 6. The van der Waals surface area contributed by atoms with E-state index in [-0.39, 0.29) is 28.9 Å². The summed E-state index contributed by atoms with van der Waals surface area (Å²) < 4.78 is 82.4. The van der Waals surface area contributed by atoms with Crippen LogP contribution in [0.2, 0.25) is 0 Å². The summed E-state index contributed by atoms with van der Waals surface area (Å²) in [7, 11) is 1.26. The normalized spacial score (nSPS) is 26.1. The van der Waals surface area contributed by atoms with E-state index in [1.54, 1.807) is 0 Å². The highest BCUT2D eigenvalue weighted by molar-refractivity contribution is 5.99. The average Bonchev–Trinajstić information content (AvgIpc) is 3.57. The van der Waals surface area contributed by atoms with Crippen LogP contribution in [0, 0.1) is 35.3 Å². The van der Waals surface area contributed by atoms with Crippen LogP contribution in [-0.2, 0) is 9.59 Å². The highest BCUT2D eigenvalue weighted by Gasteiger charge is 2.51. The molecule has 0 aromatic heterocycles. The number of carboxylic acids is 1. The van der Waals surface area contributed by atoms with Crippen molar-refractivity contribution < 1.29 is 55.7 Å². The third kappa shape index (κ3) is 6.68. The number of halogens is 5. The van der Waals surface area contributed by atoms with Crippen molar-refractivity contribution in [1.29, 1.82) is 0 Å². The first-order valence-corrected chi connectivity index (χ1v) is 14.3. The van der Waals surface area contributed by atoms with Crippen LogP contribution in [0.3, 0.4) is 0 Å². The highest BCUT2D eigenvalue weighted by atomic mass is 19.4. The SMILES string of the molecule is COc1cc(F)c(OC2CCC(C(=O)O)CC2)cc1C(=O)N[C@@H]1[C@H]2CC[C@H](C2)[C@@H]1C(=O)Nc1cccc(OC(F)(F)F)c1F. The molecule has 44 heavy (non-hydrogen) atoms. The fourth-order valence-corrected chi connectivity index (χ4v) is 6.71. The van der Waals surface area contributed by atoms with Gasteiger partial charge in [-0.1, -0.05) is 6.07 Å². The van der Waals surface area contributed by atoms with E-state index in [1.165, 1.54) is 13.2 Å². The summed E-state index contributed by atoms with van der Waals surface area (Å²) in [6, 6.07) is 4.53. The lowest BCUT2D eigenvalue weighted by molar-refractivity contribution is -0.275. The minimum Gasteiger partial charge on any atom is -0.496 e. The number of fused-ring (bicyclic) bond motifs is 2. The number of anilines is 1. The van der Waals surface area contributed by atoms with Crippen molar-refractivity contribution in [2.75, 3.05) is 12.4 Å². The lowest BCUT2D eigenvalue weighted by Gasteiger charge is -2.31. The van der Waals surface area contributed by atoms with Gasteiger partial charge in [0.2, 0.25) is 5.91 Å². The van der Waals surface area contributed by atoms with Gasteiger partial charge in [-0.2, -0.15) is 0 Å². The van der Waals surface area contributed by atoms with Gasteiger partial charge >= 0.3 is 12.3 Å². The number of ether oxygens (including phenoxy) is 3. The number of alkyl halides is 3. The van der Waals surface area contributed by atoms with Crippen LogP contribution in [0.15, 0.2) is 30.3 Å². The first-order valence-electron chi connectivity index (χ1n) is 14.3. The first-order chi connectivity index (χ1) is 20.8. The molecule has 14 heteroatoms. The molecule has 9 nitrogen and oxygen atoms in total. The molecule has 0 heterocycles. The summed E-state index contributed by atoms with van der Waals surface area (Å²) in [4.78, 5) is 38.1. The molecule has 0 aliphatic heterocycles. The van der Waals surface area contributed by atoms with Gasteiger partial charge in [-0.25, -0.2) is 8.78 Å². The lowest BCUT2D eigenvalue weighted by atomic mass is 9.83. The van der Waals surface area contributed by atoms with Gasteiger partial charge in [0.1, 0.15) is 5.75 Å². The zero-order valence-electron chi connectivity index (χ0n) is 23.6. The molecule has 0 spiro atoms. The average molecular weight is 627 g/mol. The van der Waals surface area contributed by atoms with Crippen molar-refractivity contribution in [3.05, 3.63) is 47.5 Å². The Morgan fingerprint density at radius 1 is 0.932 bits per heavy atom. The second kappa shape index (κ2) is 12.5. The number of rotatable bonds is 9. The first kappa shape index (κ1) is 31.3. The third-order valence-electron chi connectivity index (χ3n) is 8.78. The van der Waals surface area contributed by atoms with Crippen molar-refractivity contribution >= 4 is 23.5 Å². The second-order valence-electron chi connectivity index (χ2n) is 11.4. The summed E-state index contributed by atoms with van der Waals surface area (Å²) in [5.74, 6) is -7.29. The number of carbonyl (C=O) groups is 3. The van der Waals surface area contributed by atoms with Gasteiger partial charge in [-0.15, -0.1) is 13.2 Å². The Bertz CT molecular complexity index is 1430. The summed E-state index contributed by atoms with van der Waals surface area (Å²) in [5, 5.41) is 14.4. The zero-order valence-corrected chi connectivity index (χ0v) is 23.6. The largest absolute Gasteiger partial charge is 0.573 e. The number of hydrogen-bond donors (Lipinski definition) is 3. The van der Waals surface area contributed by atoms with E-state index >= 15 is 0 Å². The van der Waals surface area contributed by atoms with Crippen LogP contribution < -0.4 is 24.8 Å². The van der Waals surface area contributed by atoms with Gasteiger partial charge in [0.05, 0.1) is 36.3 Å². The maximum atomic E-state index is 14.9. The molecule has 0 unspecified atom stereocenters. The number of methoxy groups -OCH3 is 1. The number of carboxylic acid groups (broad SMARTS) is 1. The predicted octanol–water partition coefficient (Wildman–Crippen LogP) is 5.68. The standard InChI is InChI=1S/C30H31F5N2O7/c1-42-22-13-19(31)23(43-17-9-7-14(8-10-17)29(40)41)12-18(22)27(38)37-26-16-6-5-15(11-16)24(26)28(39)36-20-3-2-4-21(25(20)32)44-30(33,34)35/h2-4,12-17,24,26H,5-11H2,1H3,(H,36,39)(H,37,38)(H,40,41)/t14?,15-,16+,17?,24+,26-/m1/s1. The molecule has 3 fully saturated rings. The fraction of sp³-hybridized carbons (Fsp3) is 0.500. The molecule has 3 N–H and O–H groups in total. The van der Waals surface area contributed by atoms with Gasteiger partial charge in [-0.05, 0) is 75.0 Å². The molecule has 3 saturated carbocycles. The number of aliphatic carboxylic acids is 1. The van der Waals surface area contributed by atoms with Crippen LogP contribution >= 0.6 is 0 Å². The summed E-state index contributed by atoms with van der Waals surface area (Å²) >= 11 is 0. The van der Waals surface area contributed by atoms with Crippen LogP contribution in [0.1, 0.15) is 55.3 Å². The number of nitrogens with one attached hydrogen (secondary N) is 2. The summed E-state index contributed by atoms with van der Waals surface area (Å²) in [6.07, 6.45) is -2.01. The predicted molar refractivity (Wildman–Crippen MR) is 144 cm³/mol. The zero-order chi connectivity index (χ0) is 31.8. The Balaban J connectivity index is 1.32. The van der Waals surface area contributed by atoms with Crippen molar-refractivity contribution in [2.24, 2.45) is 23.7 Å². The Morgan fingerprint density at radius 2 is 1.64 bits per heavy atom. The van der Waals surface area contributed by atoms with Crippen LogP contribution in [0.25, 0.3) is 0 Å². The van der Waals surface area contributed by atoms with E-state index in [1.807, 2.05) is 0 Å². The van der Waals surface area contributed by atoms with Crippen LogP contribution in [0.5, 0.6) is 17.2 Å². The minimum absolute atomic E-state index is 0.0481. The monoisotopic (exact) mass is 626 g/mol. The number of carbonyl (C=O) groups excluding carboxylic acids is 2. The maximum absolute atomic E-state index is 14.9. The smallest absolute Gasteiger partial charge is 0.496 e. The minimum atomic E-state index is -5.13.